The van der Waals surface area contributed by atoms with Crippen molar-refractivity contribution in [2.24, 2.45) is 17.3 Å². The summed E-state index contributed by atoms with van der Waals surface area (Å²) in [6.07, 6.45) is 5.73. The Morgan fingerprint density at radius 1 is 1.03 bits per heavy atom. The van der Waals surface area contributed by atoms with Crippen molar-refractivity contribution >= 4 is 0 Å². The van der Waals surface area contributed by atoms with Gasteiger partial charge in [-0.25, -0.2) is 0 Å². The highest BCUT2D eigenvalue weighted by Gasteiger charge is 2.57. The zero-order chi connectivity index (χ0) is 20.2. The van der Waals surface area contributed by atoms with Crippen LogP contribution in [0.15, 0.2) is 42.5 Å². The molecule has 3 aliphatic carbocycles. The molecule has 0 unspecified atom stereocenters. The molecule has 3 aliphatic rings. The van der Waals surface area contributed by atoms with E-state index in [4.69, 9.17) is 0 Å². The molecular weight excluding hydrogens is 360 g/mol. The van der Waals surface area contributed by atoms with Crippen LogP contribution in [0.1, 0.15) is 66.7 Å². The predicted molar refractivity (Wildman–Crippen MR) is 114 cm³/mol. The number of aliphatic hydroxyl groups excluding tert-OH is 2. The first-order valence-electron chi connectivity index (χ1n) is 11.2. The third kappa shape index (κ3) is 3.02. The van der Waals surface area contributed by atoms with E-state index in [2.05, 4.69) is 37.3 Å². The summed E-state index contributed by atoms with van der Waals surface area (Å²) >= 11 is 0. The second kappa shape index (κ2) is 7.14. The summed E-state index contributed by atoms with van der Waals surface area (Å²) in [7, 11) is 0. The van der Waals surface area contributed by atoms with Gasteiger partial charge in [-0.2, -0.15) is 0 Å². The lowest BCUT2D eigenvalue weighted by Gasteiger charge is -2.54. The zero-order valence-corrected chi connectivity index (χ0v) is 17.2. The van der Waals surface area contributed by atoms with E-state index < -0.39 is 0 Å². The fourth-order valence-electron chi connectivity index (χ4n) is 7.05. The molecule has 3 heteroatoms. The molecule has 0 amide bonds. The quantitative estimate of drug-likeness (QED) is 0.719. The van der Waals surface area contributed by atoms with Crippen LogP contribution in [-0.2, 0) is 12.8 Å². The summed E-state index contributed by atoms with van der Waals surface area (Å²) in [6.45, 7) is 2.50. The first kappa shape index (κ1) is 19.1. The Balaban J connectivity index is 1.60. The van der Waals surface area contributed by atoms with E-state index in [1.165, 1.54) is 22.3 Å². The fraction of sp³-hybridized carbons (Fsp3) is 0.538. The molecule has 0 radical (unpaired) electrons. The van der Waals surface area contributed by atoms with Gasteiger partial charge in [0, 0.05) is 6.61 Å². The summed E-state index contributed by atoms with van der Waals surface area (Å²) < 4.78 is 0. The number of benzene rings is 2. The van der Waals surface area contributed by atoms with Gasteiger partial charge in [-0.05, 0) is 102 Å². The third-order valence-corrected chi connectivity index (χ3v) is 8.47. The molecule has 6 atom stereocenters. The van der Waals surface area contributed by atoms with Crippen molar-refractivity contribution in [1.29, 1.82) is 0 Å². The van der Waals surface area contributed by atoms with E-state index in [1.54, 1.807) is 0 Å². The smallest absolute Gasteiger partial charge is 0.115 e. The Morgan fingerprint density at radius 2 is 1.83 bits per heavy atom. The standard InChI is InChI=1S/C26H32O3/c1-26-15-22(17-4-2-16(3-5-17)12-13-27)25-20-9-7-19(28)14-18(20)6-8-21(25)23(26)10-11-24(26)29/h2-5,7,9,14,21-25,27-29H,6,8,10-13,15H2,1H3/t21-,22+,23-,24-,25+,26-/m0/s1. The van der Waals surface area contributed by atoms with Crippen LogP contribution >= 0.6 is 0 Å². The number of hydrogen-bond donors (Lipinski definition) is 3. The lowest BCUT2D eigenvalue weighted by Crippen LogP contribution is -2.47. The van der Waals surface area contributed by atoms with Crippen LogP contribution in [0, 0.1) is 17.3 Å². The molecule has 29 heavy (non-hydrogen) atoms. The second-order valence-corrected chi connectivity index (χ2v) is 9.84. The summed E-state index contributed by atoms with van der Waals surface area (Å²) in [5, 5.41) is 30.2. The van der Waals surface area contributed by atoms with Crippen LogP contribution in [0.4, 0.5) is 0 Å². The van der Waals surface area contributed by atoms with Crippen LogP contribution in [0.25, 0.3) is 0 Å². The topological polar surface area (TPSA) is 60.7 Å². The molecule has 0 heterocycles. The lowest BCUT2D eigenvalue weighted by atomic mass is 9.51. The van der Waals surface area contributed by atoms with E-state index in [0.717, 1.165) is 32.1 Å². The minimum absolute atomic E-state index is 0.00989. The Morgan fingerprint density at radius 3 is 2.59 bits per heavy atom. The van der Waals surface area contributed by atoms with Crippen LogP contribution in [0.3, 0.4) is 0 Å². The van der Waals surface area contributed by atoms with Crippen molar-refractivity contribution in [1.82, 2.24) is 0 Å². The van der Waals surface area contributed by atoms with E-state index in [-0.39, 0.29) is 18.1 Å². The van der Waals surface area contributed by atoms with Gasteiger partial charge in [0.2, 0.25) is 0 Å². The van der Waals surface area contributed by atoms with Crippen LogP contribution in [0.5, 0.6) is 5.75 Å². The highest BCUT2D eigenvalue weighted by Crippen LogP contribution is 2.65. The molecule has 0 bridgehead atoms. The Hall–Kier alpha value is -1.84. The minimum atomic E-state index is -0.203. The molecule has 3 N–H and O–H groups in total. The van der Waals surface area contributed by atoms with Crippen molar-refractivity contribution < 1.29 is 15.3 Å². The Labute approximate surface area is 173 Å². The number of phenolic OH excluding ortho intramolecular Hbond substituents is 1. The normalized spacial score (nSPS) is 35.6. The molecule has 0 aliphatic heterocycles. The van der Waals surface area contributed by atoms with E-state index >= 15 is 0 Å². The number of aromatic hydroxyl groups is 1. The predicted octanol–water partition coefficient (Wildman–Crippen LogP) is 4.54. The molecule has 2 aromatic rings. The number of aliphatic hydroxyl groups is 2. The molecule has 0 saturated heterocycles. The van der Waals surface area contributed by atoms with Crippen molar-refractivity contribution in [3.8, 4) is 5.75 Å². The van der Waals surface area contributed by atoms with Crippen molar-refractivity contribution in [2.45, 2.75) is 63.4 Å². The highest BCUT2D eigenvalue weighted by molar-refractivity contribution is 5.43. The lowest BCUT2D eigenvalue weighted by molar-refractivity contribution is -0.0322. The van der Waals surface area contributed by atoms with Gasteiger partial charge >= 0.3 is 0 Å². The summed E-state index contributed by atoms with van der Waals surface area (Å²) in [4.78, 5) is 0. The van der Waals surface area contributed by atoms with Crippen LogP contribution in [0.2, 0.25) is 0 Å². The Kier molecular flexibility index (Phi) is 4.71. The molecule has 5 rings (SSSR count). The maximum atomic E-state index is 10.9. The van der Waals surface area contributed by atoms with Gasteiger partial charge in [-0.15, -0.1) is 0 Å². The highest BCUT2D eigenvalue weighted by atomic mass is 16.3. The molecule has 0 aromatic heterocycles. The average Bonchev–Trinajstić information content (AvgIpc) is 3.02. The molecule has 2 saturated carbocycles. The molecule has 2 aromatic carbocycles. The van der Waals surface area contributed by atoms with Gasteiger partial charge in [0.05, 0.1) is 6.10 Å². The van der Waals surface area contributed by atoms with E-state index in [1.807, 2.05) is 12.1 Å². The molecule has 2 fully saturated rings. The van der Waals surface area contributed by atoms with Crippen molar-refractivity contribution in [3.05, 3.63) is 64.7 Å². The van der Waals surface area contributed by atoms with Gasteiger partial charge in [0.15, 0.2) is 0 Å². The number of rotatable bonds is 3. The van der Waals surface area contributed by atoms with Gasteiger partial charge in [0.1, 0.15) is 5.75 Å². The van der Waals surface area contributed by atoms with Gasteiger partial charge in [-0.1, -0.05) is 37.3 Å². The summed E-state index contributed by atoms with van der Waals surface area (Å²) in [6, 6.07) is 14.8. The maximum Gasteiger partial charge on any atom is 0.115 e. The van der Waals surface area contributed by atoms with Gasteiger partial charge < -0.3 is 15.3 Å². The second-order valence-electron chi connectivity index (χ2n) is 9.84. The molecular formula is C26H32O3. The SMILES string of the molecule is C[C@]12C[C@H](c3ccc(CCO)cc3)[C@@H]3c4ccc(O)cc4CC[C@H]3[C@@H]1CC[C@@H]2O. The number of hydrogen-bond acceptors (Lipinski definition) is 3. The third-order valence-electron chi connectivity index (χ3n) is 8.47. The molecule has 0 spiro atoms. The molecule has 154 valence electrons. The largest absolute Gasteiger partial charge is 0.508 e. The van der Waals surface area contributed by atoms with Crippen LogP contribution in [-0.4, -0.2) is 28.0 Å². The first-order valence-corrected chi connectivity index (χ1v) is 11.2. The number of aryl methyl sites for hydroxylation is 1. The van der Waals surface area contributed by atoms with Crippen molar-refractivity contribution in [3.63, 3.8) is 0 Å². The van der Waals surface area contributed by atoms with Crippen LogP contribution < -0.4 is 0 Å². The average molecular weight is 393 g/mol. The zero-order valence-electron chi connectivity index (χ0n) is 17.2. The van der Waals surface area contributed by atoms with E-state index in [0.29, 0.717) is 35.8 Å². The van der Waals surface area contributed by atoms with E-state index in [9.17, 15) is 15.3 Å². The Bertz CT molecular complexity index is 889. The van der Waals surface area contributed by atoms with Gasteiger partial charge in [-0.3, -0.25) is 0 Å². The number of fused-ring (bicyclic) bond motifs is 5. The molecule has 3 nitrogen and oxygen atoms in total. The maximum absolute atomic E-state index is 10.9. The monoisotopic (exact) mass is 392 g/mol. The fourth-order valence-corrected chi connectivity index (χ4v) is 7.05. The minimum Gasteiger partial charge on any atom is -0.508 e. The first-order chi connectivity index (χ1) is 14.0. The summed E-state index contributed by atoms with van der Waals surface area (Å²) in [5.74, 6) is 2.36. The number of phenols is 1. The summed E-state index contributed by atoms with van der Waals surface area (Å²) in [5.41, 5.74) is 5.22. The van der Waals surface area contributed by atoms with Crippen molar-refractivity contribution in [2.75, 3.05) is 6.61 Å². The van der Waals surface area contributed by atoms with Gasteiger partial charge in [0.25, 0.3) is 0 Å².